The monoisotopic (exact) mass is 854 g/mol. The minimum Gasteiger partial charge on any atom is -0.393 e. The first-order valence-electron chi connectivity index (χ1n) is 22.7. The van der Waals surface area contributed by atoms with Crippen LogP contribution in [-0.4, -0.2) is 164 Å². The Bertz CT molecular complexity index is 1580. The number of hydrogen-bond donors (Lipinski definition) is 8. The molecule has 16 nitrogen and oxygen atoms in total. The number of aliphatic hydroxyl groups excluding tert-OH is 8. The fraction of sp³-hybridized carbons (Fsp3) is 0.955. The van der Waals surface area contributed by atoms with Crippen molar-refractivity contribution >= 4 is 0 Å². The predicted molar refractivity (Wildman–Crippen MR) is 208 cm³/mol. The molecule has 5 saturated heterocycles. The zero-order valence-electron chi connectivity index (χ0n) is 35.8. The summed E-state index contributed by atoms with van der Waals surface area (Å²) in [4.78, 5) is 0. The SMILES string of the molecule is C[C@@H]1CCC2(OC1)O[C@H]1CC3[C@@H]4CC=C5C[C@@H](O)C[C@@H](O[C@@H]6O[C@H](C)[C@@H](O)[C@H](O[C@@H]7OC[C@@H](O)[C@H](O)[C@H]7O)[C@H]6O[C@@H]6O[C@@H](C)[C@H](O)[C@@H](O)[C@H]6O)[C@]5(C)C4CC[C@]3(C)C1[C@@H]2C. The smallest absolute Gasteiger partial charge is 0.187 e. The van der Waals surface area contributed by atoms with Gasteiger partial charge in [-0.2, -0.15) is 0 Å². The lowest BCUT2D eigenvalue weighted by Crippen LogP contribution is -2.66. The van der Waals surface area contributed by atoms with Crippen molar-refractivity contribution in [3.8, 4) is 0 Å². The van der Waals surface area contributed by atoms with E-state index in [2.05, 4.69) is 33.8 Å². The summed E-state index contributed by atoms with van der Waals surface area (Å²) in [5.74, 6) is 1.67. The highest BCUT2D eigenvalue weighted by Crippen LogP contribution is 2.71. The van der Waals surface area contributed by atoms with Gasteiger partial charge in [-0.25, -0.2) is 0 Å². The van der Waals surface area contributed by atoms with Crippen molar-refractivity contribution in [1.82, 2.24) is 0 Å². The first-order chi connectivity index (χ1) is 28.4. The van der Waals surface area contributed by atoms with E-state index in [0.717, 1.165) is 50.7 Å². The van der Waals surface area contributed by atoms with Crippen LogP contribution in [-0.2, 0) is 37.9 Å². The van der Waals surface area contributed by atoms with E-state index in [0.29, 0.717) is 30.1 Å². The van der Waals surface area contributed by atoms with Crippen molar-refractivity contribution in [3.05, 3.63) is 11.6 Å². The minimum absolute atomic E-state index is 0.0699. The molecule has 1 spiro atoms. The van der Waals surface area contributed by atoms with Crippen molar-refractivity contribution in [1.29, 1.82) is 0 Å². The molecule has 4 unspecified atom stereocenters. The van der Waals surface area contributed by atoms with Crippen molar-refractivity contribution < 1.29 is 78.7 Å². The van der Waals surface area contributed by atoms with Crippen molar-refractivity contribution in [2.24, 2.45) is 46.3 Å². The van der Waals surface area contributed by atoms with E-state index in [1.807, 2.05) is 0 Å². The number of allylic oxidation sites excluding steroid dienone is 1. The van der Waals surface area contributed by atoms with Gasteiger partial charge in [-0.15, -0.1) is 0 Å². The second-order valence-electron chi connectivity index (χ2n) is 20.7. The van der Waals surface area contributed by atoms with Gasteiger partial charge < -0.3 is 78.7 Å². The Morgan fingerprint density at radius 3 is 2.12 bits per heavy atom. The molecule has 5 aliphatic heterocycles. The molecule has 342 valence electrons. The molecule has 0 radical (unpaired) electrons. The third kappa shape index (κ3) is 7.01. The standard InChI is InChI=1S/C44H70O16/c1-18-9-12-44(54-16-18)19(2)30-28(60-44)15-26-24-8-7-22-13-23(45)14-29(43(22,6)25(24)10-11-42(26,30)5)57-41-38(59-40-36(52)34(50)31(47)20(3)55-40)37(32(48)21(4)56-41)58-39-35(51)33(49)27(46)17-53-39/h7,18-21,23-41,45-52H,8-17H2,1-6H3/t18-,19+,20+,21-,23-,24-,25?,26?,27-,28+,29-,30?,31+,32-,33+,34-,35-,36-,37+,38-,39+,40+,41+,42+,43+,44?/m1/s1. The van der Waals surface area contributed by atoms with Crippen LogP contribution < -0.4 is 0 Å². The van der Waals surface area contributed by atoms with Gasteiger partial charge in [0.1, 0.15) is 54.9 Å². The summed E-state index contributed by atoms with van der Waals surface area (Å²) in [5.41, 5.74) is 0.681. The van der Waals surface area contributed by atoms with E-state index in [4.69, 9.17) is 37.9 Å². The zero-order valence-corrected chi connectivity index (χ0v) is 35.8. The van der Waals surface area contributed by atoms with Gasteiger partial charge in [-0.3, -0.25) is 0 Å². The minimum atomic E-state index is -1.72. The number of rotatable bonds is 6. The predicted octanol–water partition coefficient (Wildman–Crippen LogP) is 0.852. The molecule has 0 aromatic carbocycles. The van der Waals surface area contributed by atoms with Gasteiger partial charge in [0.15, 0.2) is 24.7 Å². The molecule has 26 atom stereocenters. The summed E-state index contributed by atoms with van der Waals surface area (Å²) in [6.45, 7) is 12.8. The molecule has 0 aromatic heterocycles. The highest BCUT2D eigenvalue weighted by atomic mass is 16.8. The van der Waals surface area contributed by atoms with Crippen LogP contribution in [0.25, 0.3) is 0 Å². The van der Waals surface area contributed by atoms with Gasteiger partial charge >= 0.3 is 0 Å². The van der Waals surface area contributed by atoms with Crippen LogP contribution in [0, 0.1) is 46.3 Å². The van der Waals surface area contributed by atoms with Crippen LogP contribution >= 0.6 is 0 Å². The molecule has 9 aliphatic rings. The highest BCUT2D eigenvalue weighted by molar-refractivity contribution is 5.29. The lowest BCUT2D eigenvalue weighted by Gasteiger charge is -2.60. The molecule has 0 bridgehead atoms. The molecule has 8 fully saturated rings. The molecule has 0 amide bonds. The number of ether oxygens (including phenoxy) is 8. The molecular weight excluding hydrogens is 784 g/mol. The molecular formula is C44H70O16. The maximum atomic E-state index is 11.6. The van der Waals surface area contributed by atoms with Gasteiger partial charge in [-0.05, 0) is 87.4 Å². The van der Waals surface area contributed by atoms with E-state index < -0.39 is 109 Å². The number of fused-ring (bicyclic) bond motifs is 7. The third-order valence-electron chi connectivity index (χ3n) is 17.3. The largest absolute Gasteiger partial charge is 0.393 e. The van der Waals surface area contributed by atoms with E-state index in [-0.39, 0.29) is 36.4 Å². The topological polar surface area (TPSA) is 236 Å². The Hall–Kier alpha value is -0.900. The van der Waals surface area contributed by atoms with Gasteiger partial charge in [0.2, 0.25) is 0 Å². The maximum absolute atomic E-state index is 11.6. The van der Waals surface area contributed by atoms with Gasteiger partial charge in [-0.1, -0.05) is 39.3 Å². The first kappa shape index (κ1) is 44.3. The fourth-order valence-corrected chi connectivity index (χ4v) is 13.8. The van der Waals surface area contributed by atoms with E-state index in [1.54, 1.807) is 6.92 Å². The Labute approximate surface area is 352 Å². The second kappa shape index (κ2) is 16.2. The lowest BCUT2D eigenvalue weighted by atomic mass is 9.46. The van der Waals surface area contributed by atoms with Crippen LogP contribution in [0.3, 0.4) is 0 Å². The van der Waals surface area contributed by atoms with E-state index in [9.17, 15) is 40.9 Å². The molecule has 8 N–H and O–H groups in total. The Morgan fingerprint density at radius 1 is 0.683 bits per heavy atom. The zero-order chi connectivity index (χ0) is 42.8. The van der Waals surface area contributed by atoms with E-state index in [1.165, 1.54) is 6.92 Å². The summed E-state index contributed by atoms with van der Waals surface area (Å²) in [6, 6.07) is 0. The summed E-state index contributed by atoms with van der Waals surface area (Å²) in [5, 5.41) is 86.8. The quantitative estimate of drug-likeness (QED) is 0.173. The molecule has 5 heterocycles. The summed E-state index contributed by atoms with van der Waals surface area (Å²) >= 11 is 0. The van der Waals surface area contributed by atoms with Crippen LogP contribution in [0.1, 0.15) is 92.9 Å². The van der Waals surface area contributed by atoms with Gasteiger partial charge in [0.05, 0.1) is 43.7 Å². The number of aliphatic hydroxyl groups is 8. The molecule has 3 saturated carbocycles. The van der Waals surface area contributed by atoms with Crippen molar-refractivity contribution in [3.63, 3.8) is 0 Å². The summed E-state index contributed by atoms with van der Waals surface area (Å²) in [6.07, 6.45) is -12.0. The van der Waals surface area contributed by atoms with Crippen LogP contribution in [0.4, 0.5) is 0 Å². The average Bonchev–Trinajstić information content (AvgIpc) is 3.66. The first-order valence-corrected chi connectivity index (χ1v) is 22.7. The van der Waals surface area contributed by atoms with Crippen LogP contribution in [0.2, 0.25) is 0 Å². The van der Waals surface area contributed by atoms with Crippen LogP contribution in [0.15, 0.2) is 11.6 Å². The fourth-order valence-electron chi connectivity index (χ4n) is 13.8. The van der Waals surface area contributed by atoms with Crippen LogP contribution in [0.5, 0.6) is 0 Å². The molecule has 0 aromatic rings. The molecule has 4 aliphatic carbocycles. The summed E-state index contributed by atoms with van der Waals surface area (Å²) < 4.78 is 51.1. The highest BCUT2D eigenvalue weighted by Gasteiger charge is 2.69. The lowest BCUT2D eigenvalue weighted by molar-refractivity contribution is -0.391. The normalized spacial score (nSPS) is 59.2. The van der Waals surface area contributed by atoms with E-state index >= 15 is 0 Å². The maximum Gasteiger partial charge on any atom is 0.187 e. The van der Waals surface area contributed by atoms with Crippen molar-refractivity contribution in [2.45, 2.75) is 203 Å². The number of hydrogen-bond acceptors (Lipinski definition) is 16. The Balaban J connectivity index is 1.01. The second-order valence-corrected chi connectivity index (χ2v) is 20.7. The third-order valence-corrected chi connectivity index (χ3v) is 17.3. The Kier molecular flexibility index (Phi) is 12.0. The van der Waals surface area contributed by atoms with Crippen molar-refractivity contribution in [2.75, 3.05) is 13.2 Å². The van der Waals surface area contributed by atoms with Gasteiger partial charge in [0, 0.05) is 24.2 Å². The summed E-state index contributed by atoms with van der Waals surface area (Å²) in [7, 11) is 0. The molecule has 60 heavy (non-hydrogen) atoms. The molecule has 9 rings (SSSR count). The Morgan fingerprint density at radius 2 is 1.38 bits per heavy atom. The average molecular weight is 855 g/mol. The molecule has 16 heteroatoms. The van der Waals surface area contributed by atoms with Gasteiger partial charge in [0.25, 0.3) is 0 Å².